The average Bonchev–Trinajstić information content (AvgIpc) is 3.57. The minimum absolute atomic E-state index is 0.119. The minimum atomic E-state index is -0.740. The molecular formula is C29H40N2O2S. The first kappa shape index (κ1) is 23.1. The third-order valence-corrected chi connectivity index (χ3v) is 10.9. The van der Waals surface area contributed by atoms with Crippen molar-refractivity contribution in [2.75, 3.05) is 12.9 Å². The van der Waals surface area contributed by atoms with Gasteiger partial charge in [-0.1, -0.05) is 63.6 Å². The highest BCUT2D eigenvalue weighted by Crippen LogP contribution is 2.63. The monoisotopic (exact) mass is 480 g/mol. The van der Waals surface area contributed by atoms with Crippen LogP contribution in [0.15, 0.2) is 23.2 Å². The maximum absolute atomic E-state index is 14.8. The number of aliphatic imine (C=N–C) groups is 1. The van der Waals surface area contributed by atoms with Gasteiger partial charge in [0.15, 0.2) is 10.7 Å². The minimum Gasteiger partial charge on any atom is -0.381 e. The van der Waals surface area contributed by atoms with Crippen LogP contribution in [-0.2, 0) is 27.9 Å². The van der Waals surface area contributed by atoms with Crippen LogP contribution in [0.25, 0.3) is 0 Å². The summed E-state index contributed by atoms with van der Waals surface area (Å²) in [4.78, 5) is 22.4. The first-order valence-corrected chi connectivity index (χ1v) is 14.6. The van der Waals surface area contributed by atoms with Crippen LogP contribution < -0.4 is 0 Å². The zero-order valence-corrected chi connectivity index (χ0v) is 22.1. The third kappa shape index (κ3) is 3.36. The second-order valence-electron chi connectivity index (χ2n) is 12.2. The summed E-state index contributed by atoms with van der Waals surface area (Å²) in [5.41, 5.74) is 3.14. The molecule has 2 saturated carbocycles. The van der Waals surface area contributed by atoms with Crippen molar-refractivity contribution in [1.29, 1.82) is 0 Å². The van der Waals surface area contributed by atoms with Crippen LogP contribution in [0.2, 0.25) is 0 Å². The Morgan fingerprint density at radius 2 is 1.97 bits per heavy atom. The number of aryl methyl sites for hydroxylation is 1. The second kappa shape index (κ2) is 8.37. The molecule has 5 heteroatoms. The van der Waals surface area contributed by atoms with Crippen LogP contribution in [-0.4, -0.2) is 41.0 Å². The molecule has 1 amide bonds. The van der Waals surface area contributed by atoms with E-state index in [1.165, 1.54) is 36.0 Å². The lowest BCUT2D eigenvalue weighted by molar-refractivity contribution is -0.141. The molecule has 1 aromatic rings. The summed E-state index contributed by atoms with van der Waals surface area (Å²) < 4.78 is 5.75. The maximum Gasteiger partial charge on any atom is 0.262 e. The van der Waals surface area contributed by atoms with Crippen molar-refractivity contribution < 1.29 is 9.53 Å². The molecule has 1 aromatic carbocycles. The number of rotatable bonds is 5. The molecule has 3 aliphatic carbocycles. The fourth-order valence-electron chi connectivity index (χ4n) is 7.65. The summed E-state index contributed by atoms with van der Waals surface area (Å²) in [5, 5.41) is 0.992. The molecular weight excluding hydrogens is 440 g/mol. The van der Waals surface area contributed by atoms with Crippen LogP contribution in [0.3, 0.4) is 0 Å². The lowest BCUT2D eigenvalue weighted by atomic mass is 9.61. The second-order valence-corrected chi connectivity index (χ2v) is 13.2. The van der Waals surface area contributed by atoms with E-state index in [1.807, 2.05) is 18.9 Å². The summed E-state index contributed by atoms with van der Waals surface area (Å²) in [6.45, 7) is 6.85. The van der Waals surface area contributed by atoms with E-state index in [-0.39, 0.29) is 17.4 Å². The summed E-state index contributed by atoms with van der Waals surface area (Å²) >= 11 is 1.81. The number of hydrogen-bond donors (Lipinski definition) is 0. The Labute approximate surface area is 209 Å². The van der Waals surface area contributed by atoms with Crippen molar-refractivity contribution in [3.63, 3.8) is 0 Å². The average molecular weight is 481 g/mol. The number of carbonyl (C=O) groups is 1. The molecule has 0 radical (unpaired) electrons. The zero-order valence-electron chi connectivity index (χ0n) is 21.3. The number of nitrogens with zero attached hydrogens (tertiary/aromatic N) is 2. The fourth-order valence-corrected chi connectivity index (χ4v) is 8.80. The molecule has 0 N–H and O–H groups in total. The van der Waals surface area contributed by atoms with Gasteiger partial charge in [-0.05, 0) is 79.4 Å². The molecule has 6 rings (SSSR count). The zero-order chi connectivity index (χ0) is 23.7. The number of benzene rings is 1. The van der Waals surface area contributed by atoms with E-state index in [9.17, 15) is 4.79 Å². The van der Waals surface area contributed by atoms with Gasteiger partial charge in [-0.3, -0.25) is 9.69 Å². The van der Waals surface area contributed by atoms with E-state index in [0.29, 0.717) is 17.9 Å². The number of amides is 1. The smallest absolute Gasteiger partial charge is 0.262 e. The standard InChI is InChI=1S/C29H40N2O2S/c1-18(2)25-19(3)17-34-27-30-29(26(32)31(25)27)24-15-21(8-7-20-5-6-20)9-10-22(24)16-28(29)13-11-23(33-4)12-14-28/h9-10,15,18-20,23,25H,5-8,11-14,16-17H2,1-4H3. The summed E-state index contributed by atoms with van der Waals surface area (Å²) in [7, 11) is 1.83. The third-order valence-electron chi connectivity index (χ3n) is 9.66. The van der Waals surface area contributed by atoms with Crippen molar-refractivity contribution in [3.8, 4) is 0 Å². The topological polar surface area (TPSA) is 41.9 Å². The quantitative estimate of drug-likeness (QED) is 0.522. The molecule has 0 aromatic heterocycles. The van der Waals surface area contributed by atoms with E-state index in [1.54, 1.807) is 0 Å². The van der Waals surface area contributed by atoms with Crippen LogP contribution in [0.4, 0.5) is 0 Å². The van der Waals surface area contributed by atoms with Crippen molar-refractivity contribution >= 4 is 22.8 Å². The maximum atomic E-state index is 14.8. The highest BCUT2D eigenvalue weighted by molar-refractivity contribution is 8.13. The lowest BCUT2D eigenvalue weighted by Gasteiger charge is -2.46. The molecule has 0 bridgehead atoms. The Morgan fingerprint density at radius 3 is 2.65 bits per heavy atom. The van der Waals surface area contributed by atoms with Crippen LogP contribution in [0.1, 0.15) is 82.4 Å². The van der Waals surface area contributed by atoms with Gasteiger partial charge in [0.05, 0.1) is 6.10 Å². The van der Waals surface area contributed by atoms with Gasteiger partial charge >= 0.3 is 0 Å². The summed E-state index contributed by atoms with van der Waals surface area (Å²) in [5.74, 6) is 3.15. The normalized spacial score (nSPS) is 37.0. The number of fused-ring (bicyclic) bond motifs is 4. The van der Waals surface area contributed by atoms with Gasteiger partial charge in [0.25, 0.3) is 5.91 Å². The van der Waals surface area contributed by atoms with Gasteiger partial charge in [0.1, 0.15) is 0 Å². The summed E-state index contributed by atoms with van der Waals surface area (Å²) in [6.07, 6.45) is 10.6. The van der Waals surface area contributed by atoms with Gasteiger partial charge in [-0.2, -0.15) is 0 Å². The highest BCUT2D eigenvalue weighted by atomic mass is 32.2. The molecule has 2 aliphatic heterocycles. The first-order valence-electron chi connectivity index (χ1n) is 13.6. The number of thioether (sulfide) groups is 1. The molecule has 2 heterocycles. The Kier molecular flexibility index (Phi) is 5.68. The van der Waals surface area contributed by atoms with Crippen LogP contribution >= 0.6 is 11.8 Å². The van der Waals surface area contributed by atoms with Gasteiger partial charge in [-0.15, -0.1) is 0 Å². The van der Waals surface area contributed by atoms with Crippen molar-refractivity contribution in [1.82, 2.24) is 4.90 Å². The number of hydrogen-bond acceptors (Lipinski definition) is 4. The van der Waals surface area contributed by atoms with Crippen LogP contribution in [0, 0.1) is 23.2 Å². The van der Waals surface area contributed by atoms with E-state index < -0.39 is 5.54 Å². The molecule has 3 fully saturated rings. The molecule has 1 saturated heterocycles. The first-order chi connectivity index (χ1) is 16.4. The van der Waals surface area contributed by atoms with E-state index >= 15 is 0 Å². The predicted octanol–water partition coefficient (Wildman–Crippen LogP) is 5.96. The van der Waals surface area contributed by atoms with Crippen molar-refractivity contribution in [3.05, 3.63) is 34.9 Å². The molecule has 3 unspecified atom stereocenters. The van der Waals surface area contributed by atoms with Gasteiger partial charge in [0.2, 0.25) is 0 Å². The molecule has 34 heavy (non-hydrogen) atoms. The van der Waals surface area contributed by atoms with Crippen molar-refractivity contribution in [2.24, 2.45) is 28.2 Å². The molecule has 4 nitrogen and oxygen atoms in total. The fraction of sp³-hybridized carbons (Fsp3) is 0.724. The largest absolute Gasteiger partial charge is 0.381 e. The molecule has 5 aliphatic rings. The molecule has 2 spiro atoms. The van der Waals surface area contributed by atoms with Gasteiger partial charge in [-0.25, -0.2) is 4.99 Å². The predicted molar refractivity (Wildman–Crippen MR) is 139 cm³/mol. The Bertz CT molecular complexity index is 1010. The Balaban J connectivity index is 1.45. The van der Waals surface area contributed by atoms with Gasteiger partial charge in [0, 0.05) is 24.3 Å². The molecule has 184 valence electrons. The van der Waals surface area contributed by atoms with E-state index in [2.05, 4.69) is 43.9 Å². The molecule has 3 atom stereocenters. The summed E-state index contributed by atoms with van der Waals surface area (Å²) in [6, 6.07) is 7.31. The SMILES string of the molecule is COC1CCC2(CC1)Cc1ccc(CCC3CC3)cc1C21N=C2SCC(C)C(C(C)C)N2C1=O. The van der Waals surface area contributed by atoms with Crippen LogP contribution in [0.5, 0.6) is 0 Å². The number of methoxy groups -OCH3 is 1. The van der Waals surface area contributed by atoms with Crippen molar-refractivity contribution in [2.45, 2.75) is 96.2 Å². The van der Waals surface area contributed by atoms with E-state index in [4.69, 9.17) is 9.73 Å². The number of amidine groups is 1. The van der Waals surface area contributed by atoms with E-state index in [0.717, 1.165) is 55.4 Å². The Morgan fingerprint density at radius 1 is 1.21 bits per heavy atom. The Hall–Kier alpha value is -1.33. The number of ether oxygens (including phenoxy) is 1. The lowest BCUT2D eigenvalue weighted by Crippen LogP contribution is -2.57. The van der Waals surface area contributed by atoms with Gasteiger partial charge < -0.3 is 4.74 Å². The number of carbonyl (C=O) groups excluding carboxylic acids is 1. The highest BCUT2D eigenvalue weighted by Gasteiger charge is 2.68.